The van der Waals surface area contributed by atoms with E-state index in [0.29, 0.717) is 5.92 Å². The van der Waals surface area contributed by atoms with Crippen molar-refractivity contribution in [1.82, 2.24) is 0 Å². The van der Waals surface area contributed by atoms with E-state index in [4.69, 9.17) is 16.3 Å². The number of aliphatic imine (C=N–C) groups is 1. The third-order valence-corrected chi connectivity index (χ3v) is 2.74. The second-order valence-corrected chi connectivity index (χ2v) is 3.72. The summed E-state index contributed by atoms with van der Waals surface area (Å²) in [7, 11) is 1.75. The molecule has 0 saturated heterocycles. The van der Waals surface area contributed by atoms with Crippen LogP contribution in [0.25, 0.3) is 0 Å². The van der Waals surface area contributed by atoms with Crippen molar-refractivity contribution in [2.24, 2.45) is 10.9 Å². The number of methoxy groups -OCH3 is 1. The monoisotopic (exact) mass is 197 g/mol. The minimum Gasteiger partial charge on any atom is -0.380 e. The molecule has 70 valence electrons. The SMILES string of the molecule is COC1CCN=C2C=C(Cl)C=CC21. The van der Waals surface area contributed by atoms with Crippen molar-refractivity contribution in [3.63, 3.8) is 0 Å². The molecule has 2 atom stereocenters. The molecule has 0 aromatic carbocycles. The number of rotatable bonds is 1. The van der Waals surface area contributed by atoms with E-state index in [0.717, 1.165) is 23.7 Å². The maximum absolute atomic E-state index is 5.88. The van der Waals surface area contributed by atoms with Crippen LogP contribution in [0.15, 0.2) is 28.3 Å². The van der Waals surface area contributed by atoms with E-state index < -0.39 is 0 Å². The van der Waals surface area contributed by atoms with Crippen LogP contribution in [0.1, 0.15) is 6.42 Å². The zero-order chi connectivity index (χ0) is 9.26. The molecule has 2 rings (SSSR count). The Labute approximate surface area is 82.9 Å². The Bertz CT molecular complexity index is 293. The Hall–Kier alpha value is -0.600. The lowest BCUT2D eigenvalue weighted by Crippen LogP contribution is -2.33. The molecule has 0 aromatic heterocycles. The number of allylic oxidation sites excluding steroid dienone is 3. The molecule has 1 aliphatic carbocycles. The van der Waals surface area contributed by atoms with Crippen molar-refractivity contribution < 1.29 is 4.74 Å². The average Bonchev–Trinajstić information content (AvgIpc) is 2.16. The van der Waals surface area contributed by atoms with Crippen LogP contribution in [-0.4, -0.2) is 25.5 Å². The van der Waals surface area contributed by atoms with E-state index >= 15 is 0 Å². The van der Waals surface area contributed by atoms with Gasteiger partial charge < -0.3 is 4.74 Å². The highest BCUT2D eigenvalue weighted by molar-refractivity contribution is 6.33. The van der Waals surface area contributed by atoms with Crippen LogP contribution in [-0.2, 0) is 4.74 Å². The lowest BCUT2D eigenvalue weighted by atomic mass is 9.88. The molecule has 2 aliphatic rings. The number of ether oxygens (including phenoxy) is 1. The van der Waals surface area contributed by atoms with Gasteiger partial charge in [-0.1, -0.05) is 17.7 Å². The van der Waals surface area contributed by atoms with Crippen molar-refractivity contribution in [3.8, 4) is 0 Å². The van der Waals surface area contributed by atoms with Crippen LogP contribution >= 0.6 is 11.6 Å². The number of fused-ring (bicyclic) bond motifs is 1. The molecule has 0 bridgehead atoms. The van der Waals surface area contributed by atoms with Crippen molar-refractivity contribution in [3.05, 3.63) is 23.3 Å². The van der Waals surface area contributed by atoms with Crippen LogP contribution in [0.4, 0.5) is 0 Å². The number of halogens is 1. The summed E-state index contributed by atoms with van der Waals surface area (Å²) < 4.78 is 5.39. The summed E-state index contributed by atoms with van der Waals surface area (Å²) in [4.78, 5) is 4.42. The topological polar surface area (TPSA) is 21.6 Å². The molecule has 2 nitrogen and oxygen atoms in total. The van der Waals surface area contributed by atoms with Gasteiger partial charge in [-0.05, 0) is 18.6 Å². The molecular formula is C10H12ClNO. The molecule has 3 heteroatoms. The van der Waals surface area contributed by atoms with Gasteiger partial charge in [-0.3, -0.25) is 4.99 Å². The summed E-state index contributed by atoms with van der Waals surface area (Å²) in [6.45, 7) is 0.846. The minimum absolute atomic E-state index is 0.268. The first kappa shape index (κ1) is 8.97. The van der Waals surface area contributed by atoms with Gasteiger partial charge in [-0.2, -0.15) is 0 Å². The van der Waals surface area contributed by atoms with Crippen molar-refractivity contribution in [2.75, 3.05) is 13.7 Å². The van der Waals surface area contributed by atoms with Gasteiger partial charge in [0.05, 0.1) is 6.10 Å². The number of hydrogen-bond donors (Lipinski definition) is 0. The first-order valence-corrected chi connectivity index (χ1v) is 4.81. The highest BCUT2D eigenvalue weighted by Crippen LogP contribution is 2.26. The largest absolute Gasteiger partial charge is 0.380 e. The summed E-state index contributed by atoms with van der Waals surface area (Å²) >= 11 is 5.88. The standard InChI is InChI=1S/C10H12ClNO/c1-13-10-4-5-12-9-6-7(11)2-3-8(9)10/h2-3,6,8,10H,4-5H2,1H3. The molecule has 13 heavy (non-hydrogen) atoms. The van der Waals surface area contributed by atoms with Crippen LogP contribution in [0.2, 0.25) is 0 Å². The molecule has 0 fully saturated rings. The van der Waals surface area contributed by atoms with E-state index in [2.05, 4.69) is 11.1 Å². The third kappa shape index (κ3) is 1.69. The minimum atomic E-state index is 0.268. The Morgan fingerprint density at radius 1 is 1.62 bits per heavy atom. The first-order valence-electron chi connectivity index (χ1n) is 4.44. The predicted molar refractivity (Wildman–Crippen MR) is 54.3 cm³/mol. The maximum atomic E-state index is 5.88. The van der Waals surface area contributed by atoms with Gasteiger partial charge in [-0.25, -0.2) is 0 Å². The van der Waals surface area contributed by atoms with Crippen LogP contribution in [0.3, 0.4) is 0 Å². The molecular weight excluding hydrogens is 186 g/mol. The summed E-state index contributed by atoms with van der Waals surface area (Å²) in [6, 6.07) is 0. The summed E-state index contributed by atoms with van der Waals surface area (Å²) in [5.74, 6) is 0.307. The lowest BCUT2D eigenvalue weighted by molar-refractivity contribution is 0.0789. The first-order chi connectivity index (χ1) is 6.31. The normalized spacial score (nSPS) is 32.2. The van der Waals surface area contributed by atoms with Gasteiger partial charge in [0.15, 0.2) is 0 Å². The second kappa shape index (κ2) is 3.64. The third-order valence-electron chi connectivity index (χ3n) is 2.50. The van der Waals surface area contributed by atoms with Crippen molar-refractivity contribution in [1.29, 1.82) is 0 Å². The second-order valence-electron chi connectivity index (χ2n) is 3.28. The van der Waals surface area contributed by atoms with E-state index in [1.807, 2.05) is 12.2 Å². The van der Waals surface area contributed by atoms with E-state index in [-0.39, 0.29) is 6.10 Å². The van der Waals surface area contributed by atoms with Gasteiger partial charge in [0.25, 0.3) is 0 Å². The molecule has 0 saturated carbocycles. The maximum Gasteiger partial charge on any atom is 0.0707 e. The van der Waals surface area contributed by atoms with E-state index in [1.165, 1.54) is 0 Å². The van der Waals surface area contributed by atoms with Gasteiger partial charge in [-0.15, -0.1) is 0 Å². The smallest absolute Gasteiger partial charge is 0.0707 e. The fourth-order valence-electron chi connectivity index (χ4n) is 1.81. The summed E-state index contributed by atoms with van der Waals surface area (Å²) in [5, 5.41) is 0.756. The van der Waals surface area contributed by atoms with Gasteiger partial charge in [0.1, 0.15) is 0 Å². The van der Waals surface area contributed by atoms with Crippen molar-refractivity contribution in [2.45, 2.75) is 12.5 Å². The molecule has 1 heterocycles. The molecule has 1 aliphatic heterocycles. The Kier molecular flexibility index (Phi) is 2.51. The Morgan fingerprint density at radius 3 is 3.23 bits per heavy atom. The number of nitrogens with zero attached hydrogens (tertiary/aromatic N) is 1. The van der Waals surface area contributed by atoms with Crippen molar-refractivity contribution >= 4 is 17.3 Å². The lowest BCUT2D eigenvalue weighted by Gasteiger charge is -2.28. The van der Waals surface area contributed by atoms with Gasteiger partial charge in [0.2, 0.25) is 0 Å². The van der Waals surface area contributed by atoms with Gasteiger partial charge >= 0.3 is 0 Å². The van der Waals surface area contributed by atoms with Crippen LogP contribution in [0, 0.1) is 5.92 Å². The Balaban J connectivity index is 2.26. The fourth-order valence-corrected chi connectivity index (χ4v) is 1.99. The zero-order valence-corrected chi connectivity index (χ0v) is 8.29. The average molecular weight is 198 g/mol. The Morgan fingerprint density at radius 2 is 2.46 bits per heavy atom. The molecule has 0 amide bonds. The van der Waals surface area contributed by atoms with Crippen LogP contribution in [0.5, 0.6) is 0 Å². The highest BCUT2D eigenvalue weighted by atomic mass is 35.5. The van der Waals surface area contributed by atoms with E-state index in [9.17, 15) is 0 Å². The predicted octanol–water partition coefficient (Wildman–Crippen LogP) is 2.15. The highest BCUT2D eigenvalue weighted by Gasteiger charge is 2.27. The summed E-state index contributed by atoms with van der Waals surface area (Å²) in [6.07, 6.45) is 7.19. The quantitative estimate of drug-likeness (QED) is 0.631. The molecule has 0 aromatic rings. The molecule has 0 spiro atoms. The zero-order valence-electron chi connectivity index (χ0n) is 7.53. The fraction of sp³-hybridized carbons (Fsp3) is 0.500. The molecule has 0 radical (unpaired) electrons. The van der Waals surface area contributed by atoms with Crippen LogP contribution < -0.4 is 0 Å². The summed E-state index contributed by atoms with van der Waals surface area (Å²) in [5.41, 5.74) is 1.06. The van der Waals surface area contributed by atoms with Gasteiger partial charge in [0, 0.05) is 30.3 Å². The van der Waals surface area contributed by atoms with E-state index in [1.54, 1.807) is 7.11 Å². The molecule has 0 N–H and O–H groups in total. The number of hydrogen-bond acceptors (Lipinski definition) is 2. The molecule has 2 unspecified atom stereocenters.